The van der Waals surface area contributed by atoms with Crippen molar-refractivity contribution in [1.29, 1.82) is 0 Å². The fourth-order valence-corrected chi connectivity index (χ4v) is 4.45. The van der Waals surface area contributed by atoms with Crippen molar-refractivity contribution < 1.29 is 0 Å². The van der Waals surface area contributed by atoms with E-state index in [1.165, 1.54) is 26.8 Å². The SMILES string of the molecule is CCN1Cc2ccccc2C(c2cccc3ccsc23)C1. The molecule has 2 heterocycles. The average molecular weight is 293 g/mol. The van der Waals surface area contributed by atoms with Crippen LogP contribution in [-0.2, 0) is 6.54 Å². The second-order valence-corrected chi connectivity index (χ2v) is 6.68. The second-order valence-electron chi connectivity index (χ2n) is 5.77. The molecule has 1 aliphatic rings. The molecule has 21 heavy (non-hydrogen) atoms. The summed E-state index contributed by atoms with van der Waals surface area (Å²) in [6.07, 6.45) is 0. The van der Waals surface area contributed by atoms with Gasteiger partial charge in [-0.1, -0.05) is 49.4 Å². The molecule has 0 N–H and O–H groups in total. The van der Waals surface area contributed by atoms with E-state index < -0.39 is 0 Å². The van der Waals surface area contributed by atoms with Crippen LogP contribution in [0, 0.1) is 0 Å². The Kier molecular flexibility index (Phi) is 3.28. The van der Waals surface area contributed by atoms with Crippen LogP contribution in [0.2, 0.25) is 0 Å². The lowest BCUT2D eigenvalue weighted by Gasteiger charge is -2.34. The highest BCUT2D eigenvalue weighted by Crippen LogP contribution is 2.38. The van der Waals surface area contributed by atoms with Crippen LogP contribution >= 0.6 is 11.3 Å². The van der Waals surface area contributed by atoms with E-state index in [0.29, 0.717) is 5.92 Å². The Hall–Kier alpha value is -1.64. The number of nitrogens with zero attached hydrogens (tertiary/aromatic N) is 1. The van der Waals surface area contributed by atoms with E-state index in [4.69, 9.17) is 0 Å². The predicted octanol–water partition coefficient (Wildman–Crippen LogP) is 4.87. The first-order valence-corrected chi connectivity index (χ1v) is 8.51. The highest BCUT2D eigenvalue weighted by Gasteiger charge is 2.26. The van der Waals surface area contributed by atoms with Crippen molar-refractivity contribution in [1.82, 2.24) is 4.90 Å². The maximum atomic E-state index is 2.55. The fourth-order valence-electron chi connectivity index (χ4n) is 3.48. The Morgan fingerprint density at radius 3 is 2.81 bits per heavy atom. The van der Waals surface area contributed by atoms with Crippen LogP contribution in [0.1, 0.15) is 29.5 Å². The van der Waals surface area contributed by atoms with Gasteiger partial charge in [0.2, 0.25) is 0 Å². The Morgan fingerprint density at radius 2 is 1.90 bits per heavy atom. The van der Waals surface area contributed by atoms with Gasteiger partial charge in [-0.15, -0.1) is 11.3 Å². The van der Waals surface area contributed by atoms with Gasteiger partial charge in [0, 0.05) is 23.7 Å². The van der Waals surface area contributed by atoms with E-state index in [1.54, 1.807) is 0 Å². The third-order valence-electron chi connectivity index (χ3n) is 4.60. The molecule has 1 nitrogen and oxygen atoms in total. The zero-order valence-corrected chi connectivity index (χ0v) is 13.1. The van der Waals surface area contributed by atoms with Crippen molar-refractivity contribution >= 4 is 21.4 Å². The standard InChI is InChI=1S/C19H19NS/c1-2-20-12-15-6-3-4-8-16(15)18(13-20)17-9-5-7-14-10-11-21-19(14)17/h3-11,18H,2,12-13H2,1H3. The highest BCUT2D eigenvalue weighted by molar-refractivity contribution is 7.17. The zero-order chi connectivity index (χ0) is 14.2. The molecule has 3 aromatic rings. The monoisotopic (exact) mass is 293 g/mol. The van der Waals surface area contributed by atoms with Crippen LogP contribution in [-0.4, -0.2) is 18.0 Å². The van der Waals surface area contributed by atoms with Gasteiger partial charge in [0.15, 0.2) is 0 Å². The molecule has 0 saturated carbocycles. The minimum absolute atomic E-state index is 0.497. The molecule has 0 spiro atoms. The third kappa shape index (κ3) is 2.19. The summed E-state index contributed by atoms with van der Waals surface area (Å²) in [6, 6.07) is 17.9. The van der Waals surface area contributed by atoms with Gasteiger partial charge in [0.05, 0.1) is 0 Å². The summed E-state index contributed by atoms with van der Waals surface area (Å²) in [5, 5.41) is 3.59. The van der Waals surface area contributed by atoms with Crippen molar-refractivity contribution in [3.8, 4) is 0 Å². The summed E-state index contributed by atoms with van der Waals surface area (Å²) >= 11 is 1.87. The van der Waals surface area contributed by atoms with Crippen molar-refractivity contribution in [2.75, 3.05) is 13.1 Å². The number of likely N-dealkylation sites (N-methyl/N-ethyl adjacent to an activating group) is 1. The summed E-state index contributed by atoms with van der Waals surface area (Å²) in [7, 11) is 0. The highest BCUT2D eigenvalue weighted by atomic mass is 32.1. The first-order chi connectivity index (χ1) is 10.4. The topological polar surface area (TPSA) is 3.24 Å². The molecule has 0 fully saturated rings. The van der Waals surface area contributed by atoms with Crippen molar-refractivity contribution in [2.45, 2.75) is 19.4 Å². The first kappa shape index (κ1) is 13.1. The molecule has 4 rings (SSSR count). The Bertz CT molecular complexity index is 774. The van der Waals surface area contributed by atoms with Gasteiger partial charge >= 0.3 is 0 Å². The van der Waals surface area contributed by atoms with Crippen LogP contribution in [0.4, 0.5) is 0 Å². The minimum atomic E-state index is 0.497. The lowest BCUT2D eigenvalue weighted by atomic mass is 9.84. The molecule has 0 radical (unpaired) electrons. The predicted molar refractivity (Wildman–Crippen MR) is 91.1 cm³/mol. The van der Waals surface area contributed by atoms with E-state index in [1.807, 2.05) is 11.3 Å². The summed E-state index contributed by atoms with van der Waals surface area (Å²) in [6.45, 7) is 5.59. The van der Waals surface area contributed by atoms with Crippen LogP contribution in [0.15, 0.2) is 53.9 Å². The molecular formula is C19H19NS. The van der Waals surface area contributed by atoms with E-state index in [9.17, 15) is 0 Å². The molecule has 0 aliphatic carbocycles. The normalized spacial score (nSPS) is 18.8. The van der Waals surface area contributed by atoms with Gasteiger partial charge in [0.1, 0.15) is 0 Å². The van der Waals surface area contributed by atoms with E-state index in [2.05, 4.69) is 65.7 Å². The Labute approximate surface area is 129 Å². The van der Waals surface area contributed by atoms with Crippen molar-refractivity contribution in [2.24, 2.45) is 0 Å². The number of thiophene rings is 1. The molecule has 1 aromatic heterocycles. The number of rotatable bonds is 2. The molecule has 0 saturated heterocycles. The number of hydrogen-bond acceptors (Lipinski definition) is 2. The number of fused-ring (bicyclic) bond motifs is 2. The van der Waals surface area contributed by atoms with E-state index >= 15 is 0 Å². The van der Waals surface area contributed by atoms with Crippen LogP contribution in [0.25, 0.3) is 10.1 Å². The Morgan fingerprint density at radius 1 is 1.05 bits per heavy atom. The summed E-state index contributed by atoms with van der Waals surface area (Å²) < 4.78 is 1.45. The fraction of sp³-hybridized carbons (Fsp3) is 0.263. The van der Waals surface area contributed by atoms with Crippen LogP contribution < -0.4 is 0 Å². The van der Waals surface area contributed by atoms with Gasteiger partial charge in [-0.3, -0.25) is 4.90 Å². The molecular weight excluding hydrogens is 274 g/mol. The van der Waals surface area contributed by atoms with Gasteiger partial charge in [-0.05, 0) is 40.1 Å². The van der Waals surface area contributed by atoms with Gasteiger partial charge in [0.25, 0.3) is 0 Å². The summed E-state index contributed by atoms with van der Waals surface area (Å²) in [5.41, 5.74) is 4.50. The third-order valence-corrected chi connectivity index (χ3v) is 5.58. The van der Waals surface area contributed by atoms with E-state index in [0.717, 1.165) is 19.6 Å². The van der Waals surface area contributed by atoms with Crippen molar-refractivity contribution in [3.05, 3.63) is 70.6 Å². The zero-order valence-electron chi connectivity index (χ0n) is 12.3. The lowest BCUT2D eigenvalue weighted by molar-refractivity contribution is 0.254. The maximum absolute atomic E-state index is 2.55. The molecule has 1 unspecified atom stereocenters. The lowest BCUT2D eigenvalue weighted by Crippen LogP contribution is -2.33. The molecule has 1 atom stereocenters. The molecule has 2 aromatic carbocycles. The molecule has 0 bridgehead atoms. The summed E-state index contributed by atoms with van der Waals surface area (Å²) in [5.74, 6) is 0.497. The largest absolute Gasteiger partial charge is 0.298 e. The van der Waals surface area contributed by atoms with Gasteiger partial charge in [-0.25, -0.2) is 0 Å². The smallest absolute Gasteiger partial charge is 0.0381 e. The summed E-state index contributed by atoms with van der Waals surface area (Å²) in [4.78, 5) is 2.55. The maximum Gasteiger partial charge on any atom is 0.0381 e. The number of benzene rings is 2. The molecule has 1 aliphatic heterocycles. The van der Waals surface area contributed by atoms with E-state index in [-0.39, 0.29) is 0 Å². The van der Waals surface area contributed by atoms with Crippen molar-refractivity contribution in [3.63, 3.8) is 0 Å². The van der Waals surface area contributed by atoms with Gasteiger partial charge < -0.3 is 0 Å². The first-order valence-electron chi connectivity index (χ1n) is 7.63. The van der Waals surface area contributed by atoms with Crippen LogP contribution in [0.5, 0.6) is 0 Å². The van der Waals surface area contributed by atoms with Crippen LogP contribution in [0.3, 0.4) is 0 Å². The number of hydrogen-bond donors (Lipinski definition) is 0. The van der Waals surface area contributed by atoms with Gasteiger partial charge in [-0.2, -0.15) is 0 Å². The second kappa shape index (κ2) is 5.28. The average Bonchev–Trinajstić information content (AvgIpc) is 3.02. The molecule has 2 heteroatoms. The molecule has 0 amide bonds. The molecule has 106 valence electrons. The minimum Gasteiger partial charge on any atom is -0.298 e. The Balaban J connectivity index is 1.89. The quantitative estimate of drug-likeness (QED) is 0.651.